The molecule has 2 N–H and O–H groups in total. The molecule has 0 aliphatic heterocycles. The zero-order valence-electron chi connectivity index (χ0n) is 14.9. The molecule has 0 radical (unpaired) electrons. The maximum absolute atomic E-state index is 4.60. The van der Waals surface area contributed by atoms with Crippen LogP contribution in [0.25, 0.3) is 5.65 Å². The van der Waals surface area contributed by atoms with E-state index in [0.29, 0.717) is 0 Å². The van der Waals surface area contributed by atoms with Gasteiger partial charge in [-0.05, 0) is 26.0 Å². The molecule has 0 aromatic carbocycles. The molecule has 3 aromatic heterocycles. The van der Waals surface area contributed by atoms with Gasteiger partial charge in [0, 0.05) is 50.2 Å². The molecule has 0 saturated carbocycles. The van der Waals surface area contributed by atoms with Crippen LogP contribution in [0.15, 0.2) is 35.6 Å². The van der Waals surface area contributed by atoms with E-state index in [1.54, 1.807) is 18.4 Å². The molecule has 0 saturated heterocycles. The predicted molar refractivity (Wildman–Crippen MR) is 104 cm³/mol. The van der Waals surface area contributed by atoms with Crippen LogP contribution in [-0.2, 0) is 12.8 Å². The molecule has 3 rings (SSSR count). The lowest BCUT2D eigenvalue weighted by Crippen LogP contribution is -2.39. The maximum atomic E-state index is 4.60. The summed E-state index contributed by atoms with van der Waals surface area (Å²) < 4.78 is 2.04. The van der Waals surface area contributed by atoms with E-state index in [1.807, 2.05) is 28.8 Å². The van der Waals surface area contributed by atoms with Crippen LogP contribution in [0.5, 0.6) is 0 Å². The van der Waals surface area contributed by atoms with Crippen molar-refractivity contribution in [2.24, 2.45) is 4.99 Å². The van der Waals surface area contributed by atoms with Crippen molar-refractivity contribution < 1.29 is 0 Å². The number of pyridine rings is 1. The van der Waals surface area contributed by atoms with Crippen LogP contribution < -0.4 is 10.6 Å². The van der Waals surface area contributed by atoms with Crippen LogP contribution in [-0.4, -0.2) is 40.5 Å². The molecule has 25 heavy (non-hydrogen) atoms. The zero-order valence-corrected chi connectivity index (χ0v) is 15.7. The second-order valence-corrected chi connectivity index (χ2v) is 7.16. The third-order valence-electron chi connectivity index (χ3n) is 4.02. The Morgan fingerprint density at radius 1 is 1.16 bits per heavy atom. The third kappa shape index (κ3) is 4.57. The first kappa shape index (κ1) is 17.4. The minimum atomic E-state index is 0.791. The summed E-state index contributed by atoms with van der Waals surface area (Å²) in [6.45, 7) is 5.78. The fraction of sp³-hybridized carbons (Fsp3) is 0.389. The maximum Gasteiger partial charge on any atom is 0.191 e. The Labute approximate surface area is 152 Å². The van der Waals surface area contributed by atoms with Crippen LogP contribution in [0.3, 0.4) is 0 Å². The van der Waals surface area contributed by atoms with Crippen molar-refractivity contribution in [2.75, 3.05) is 20.1 Å². The topological polar surface area (TPSA) is 66.6 Å². The van der Waals surface area contributed by atoms with E-state index in [2.05, 4.69) is 45.6 Å². The van der Waals surface area contributed by atoms with E-state index < -0.39 is 0 Å². The summed E-state index contributed by atoms with van der Waals surface area (Å²) in [4.78, 5) is 14.7. The van der Waals surface area contributed by atoms with Gasteiger partial charge in [-0.15, -0.1) is 11.3 Å². The van der Waals surface area contributed by atoms with Crippen molar-refractivity contribution in [1.29, 1.82) is 0 Å². The van der Waals surface area contributed by atoms with E-state index in [9.17, 15) is 0 Å². The standard InChI is InChI=1S/C18H24N6S/c1-13-14(2)25-17(22-13)8-10-21-18(19-3)20-9-7-15-12-24-11-5-4-6-16(24)23-15/h4-6,11-12H,7-10H2,1-3H3,(H2,19,20,21). The van der Waals surface area contributed by atoms with Gasteiger partial charge in [-0.2, -0.15) is 0 Å². The summed E-state index contributed by atoms with van der Waals surface area (Å²) in [5.74, 6) is 0.814. The van der Waals surface area contributed by atoms with Gasteiger partial charge in [-0.25, -0.2) is 9.97 Å². The molecule has 3 heterocycles. The number of aliphatic imine (C=N–C) groups is 1. The number of hydrogen-bond acceptors (Lipinski definition) is 4. The number of aromatic nitrogens is 3. The highest BCUT2D eigenvalue weighted by molar-refractivity contribution is 7.11. The van der Waals surface area contributed by atoms with Crippen LogP contribution in [0, 0.1) is 13.8 Å². The monoisotopic (exact) mass is 356 g/mol. The number of nitrogens with one attached hydrogen (secondary N) is 2. The first-order valence-corrected chi connectivity index (χ1v) is 9.27. The Hall–Kier alpha value is -2.41. The number of imidazole rings is 1. The van der Waals surface area contributed by atoms with E-state index in [-0.39, 0.29) is 0 Å². The van der Waals surface area contributed by atoms with Crippen molar-refractivity contribution in [3.63, 3.8) is 0 Å². The Morgan fingerprint density at radius 2 is 1.96 bits per heavy atom. The summed E-state index contributed by atoms with van der Waals surface area (Å²) in [5.41, 5.74) is 3.19. The fourth-order valence-electron chi connectivity index (χ4n) is 2.57. The van der Waals surface area contributed by atoms with Crippen LogP contribution in [0.1, 0.15) is 21.3 Å². The Kier molecular flexibility index (Phi) is 5.65. The van der Waals surface area contributed by atoms with Crippen molar-refractivity contribution >= 4 is 22.9 Å². The number of nitrogens with zero attached hydrogens (tertiary/aromatic N) is 4. The Bertz CT molecular complexity index is 811. The second kappa shape index (κ2) is 8.11. The van der Waals surface area contributed by atoms with E-state index in [0.717, 1.165) is 48.9 Å². The summed E-state index contributed by atoms with van der Waals surface area (Å²) in [5, 5.41) is 7.85. The molecular weight excluding hydrogens is 332 g/mol. The van der Waals surface area contributed by atoms with E-state index in [1.165, 1.54) is 9.88 Å². The summed E-state index contributed by atoms with van der Waals surface area (Å²) in [6, 6.07) is 6.02. The fourth-order valence-corrected chi connectivity index (χ4v) is 3.50. The Morgan fingerprint density at radius 3 is 2.64 bits per heavy atom. The van der Waals surface area contributed by atoms with Crippen LogP contribution in [0.4, 0.5) is 0 Å². The lowest BCUT2D eigenvalue weighted by atomic mass is 10.3. The molecule has 0 atom stereocenters. The third-order valence-corrected chi connectivity index (χ3v) is 5.15. The molecule has 3 aromatic rings. The lowest BCUT2D eigenvalue weighted by Gasteiger charge is -2.10. The number of fused-ring (bicyclic) bond motifs is 1. The highest BCUT2D eigenvalue weighted by Gasteiger charge is 2.05. The first-order valence-electron chi connectivity index (χ1n) is 8.46. The Balaban J connectivity index is 1.43. The lowest BCUT2D eigenvalue weighted by molar-refractivity contribution is 0.776. The molecule has 0 aliphatic rings. The van der Waals surface area contributed by atoms with Crippen LogP contribution in [0.2, 0.25) is 0 Å². The number of rotatable bonds is 6. The number of thiazole rings is 1. The quantitative estimate of drug-likeness (QED) is 0.526. The second-order valence-electron chi connectivity index (χ2n) is 5.87. The molecule has 0 spiro atoms. The molecule has 0 fully saturated rings. The summed E-state index contributed by atoms with van der Waals surface area (Å²) >= 11 is 1.77. The number of guanidine groups is 1. The summed E-state index contributed by atoms with van der Waals surface area (Å²) in [7, 11) is 1.79. The van der Waals surface area contributed by atoms with E-state index >= 15 is 0 Å². The normalized spacial score (nSPS) is 11.9. The van der Waals surface area contributed by atoms with Gasteiger partial charge >= 0.3 is 0 Å². The van der Waals surface area contributed by atoms with Gasteiger partial charge in [0.1, 0.15) is 5.65 Å². The van der Waals surface area contributed by atoms with Gasteiger partial charge in [0.25, 0.3) is 0 Å². The minimum absolute atomic E-state index is 0.791. The molecule has 0 unspecified atom stereocenters. The SMILES string of the molecule is CN=C(NCCc1cn2ccccc2n1)NCCc1nc(C)c(C)s1. The first-order chi connectivity index (χ1) is 12.2. The van der Waals surface area contributed by atoms with Gasteiger partial charge < -0.3 is 15.0 Å². The predicted octanol–water partition coefficient (Wildman–Crippen LogP) is 2.36. The van der Waals surface area contributed by atoms with Gasteiger partial charge in [0.15, 0.2) is 5.96 Å². The zero-order chi connectivity index (χ0) is 17.6. The average molecular weight is 356 g/mol. The molecule has 0 aliphatic carbocycles. The number of hydrogen-bond donors (Lipinski definition) is 2. The van der Waals surface area contributed by atoms with Gasteiger partial charge in [0.05, 0.1) is 16.4 Å². The average Bonchev–Trinajstić information content (AvgIpc) is 3.16. The van der Waals surface area contributed by atoms with Crippen molar-refractivity contribution in [3.05, 3.63) is 51.9 Å². The molecule has 0 amide bonds. The molecule has 7 heteroatoms. The van der Waals surface area contributed by atoms with E-state index in [4.69, 9.17) is 0 Å². The molecular formula is C18H24N6S. The highest BCUT2D eigenvalue weighted by Crippen LogP contribution is 2.16. The summed E-state index contributed by atoms with van der Waals surface area (Å²) in [6.07, 6.45) is 5.85. The smallest absolute Gasteiger partial charge is 0.191 e. The number of aryl methyl sites for hydroxylation is 2. The van der Waals surface area contributed by atoms with Crippen molar-refractivity contribution in [2.45, 2.75) is 26.7 Å². The molecule has 132 valence electrons. The molecule has 6 nitrogen and oxygen atoms in total. The largest absolute Gasteiger partial charge is 0.356 e. The van der Waals surface area contributed by atoms with Gasteiger partial charge in [-0.1, -0.05) is 6.07 Å². The minimum Gasteiger partial charge on any atom is -0.356 e. The molecule has 0 bridgehead atoms. The van der Waals surface area contributed by atoms with Gasteiger partial charge in [-0.3, -0.25) is 4.99 Å². The van der Waals surface area contributed by atoms with Gasteiger partial charge in [0.2, 0.25) is 0 Å². The highest BCUT2D eigenvalue weighted by atomic mass is 32.1. The van der Waals surface area contributed by atoms with Crippen LogP contribution >= 0.6 is 11.3 Å². The van der Waals surface area contributed by atoms with Crippen molar-refractivity contribution in [3.8, 4) is 0 Å². The van der Waals surface area contributed by atoms with Crippen molar-refractivity contribution in [1.82, 2.24) is 25.0 Å².